The van der Waals surface area contributed by atoms with E-state index >= 15 is 0 Å². The predicted molar refractivity (Wildman–Crippen MR) is 94.1 cm³/mol. The van der Waals surface area contributed by atoms with Crippen LogP contribution in [0.4, 0.5) is 11.5 Å². The van der Waals surface area contributed by atoms with E-state index in [0.717, 1.165) is 16.2 Å². The number of rotatable bonds is 3. The number of azo groups is 1. The molecule has 6 heteroatoms. The Hall–Kier alpha value is -2.50. The lowest BCUT2D eigenvalue weighted by molar-refractivity contribution is 1.11. The molecule has 0 aliphatic rings. The molecule has 0 bridgehead atoms. The summed E-state index contributed by atoms with van der Waals surface area (Å²) < 4.78 is 1.93. The third-order valence-corrected chi connectivity index (χ3v) is 4.56. The first-order valence-corrected chi connectivity index (χ1v) is 8.26. The average molecular weight is 339 g/mol. The Kier molecular flexibility index (Phi) is 3.65. The Bertz CT molecular complexity index is 989. The summed E-state index contributed by atoms with van der Waals surface area (Å²) in [6.07, 6.45) is 1.93. The molecule has 1 aromatic carbocycles. The first-order valence-electron chi connectivity index (χ1n) is 7.00. The summed E-state index contributed by atoms with van der Waals surface area (Å²) >= 11 is 7.77. The van der Waals surface area contributed by atoms with E-state index < -0.39 is 0 Å². The van der Waals surface area contributed by atoms with Crippen molar-refractivity contribution in [2.75, 3.05) is 0 Å². The molecule has 0 aliphatic heterocycles. The lowest BCUT2D eigenvalue weighted by Gasteiger charge is -1.98. The first-order chi connectivity index (χ1) is 11.3. The molecule has 0 fully saturated rings. The highest BCUT2D eigenvalue weighted by atomic mass is 35.5. The van der Waals surface area contributed by atoms with Crippen LogP contribution in [0, 0.1) is 0 Å². The van der Waals surface area contributed by atoms with Crippen LogP contribution in [-0.4, -0.2) is 9.38 Å². The molecule has 0 unspecified atom stereocenters. The number of halogens is 1. The monoisotopic (exact) mass is 338 g/mol. The molecule has 0 atom stereocenters. The van der Waals surface area contributed by atoms with Crippen molar-refractivity contribution < 1.29 is 0 Å². The number of benzene rings is 1. The minimum atomic E-state index is 0.572. The van der Waals surface area contributed by atoms with E-state index in [-0.39, 0.29) is 0 Å². The lowest BCUT2D eigenvalue weighted by Crippen LogP contribution is -1.80. The predicted octanol–water partition coefficient (Wildman–Crippen LogP) is 6.13. The molecule has 0 saturated carbocycles. The highest BCUT2D eigenvalue weighted by Gasteiger charge is 2.14. The van der Waals surface area contributed by atoms with Crippen molar-refractivity contribution in [3.05, 3.63) is 71.2 Å². The van der Waals surface area contributed by atoms with Gasteiger partial charge in [0.25, 0.3) is 0 Å². The number of nitrogens with zero attached hydrogens (tertiary/aromatic N) is 4. The zero-order valence-corrected chi connectivity index (χ0v) is 13.5. The highest BCUT2D eigenvalue weighted by molar-refractivity contribution is 7.13. The molecule has 112 valence electrons. The molecule has 0 spiro atoms. The smallest absolute Gasteiger partial charge is 0.188 e. The van der Waals surface area contributed by atoms with Gasteiger partial charge in [-0.25, -0.2) is 4.98 Å². The van der Waals surface area contributed by atoms with Crippen LogP contribution in [0.15, 0.2) is 76.4 Å². The van der Waals surface area contributed by atoms with Crippen LogP contribution >= 0.6 is 22.9 Å². The van der Waals surface area contributed by atoms with Crippen LogP contribution in [-0.2, 0) is 0 Å². The normalized spacial score (nSPS) is 11.5. The van der Waals surface area contributed by atoms with Gasteiger partial charge < -0.3 is 0 Å². The molecule has 0 amide bonds. The second-order valence-corrected chi connectivity index (χ2v) is 6.20. The van der Waals surface area contributed by atoms with Gasteiger partial charge in [0.1, 0.15) is 17.0 Å². The summed E-state index contributed by atoms with van der Waals surface area (Å²) in [5.41, 5.74) is 2.29. The van der Waals surface area contributed by atoms with E-state index in [0.29, 0.717) is 16.5 Å². The first kappa shape index (κ1) is 14.1. The molecular weight excluding hydrogens is 328 g/mol. The van der Waals surface area contributed by atoms with Gasteiger partial charge in [0.05, 0.1) is 9.90 Å². The molecule has 4 rings (SSSR count). The van der Waals surface area contributed by atoms with Gasteiger partial charge in [-0.1, -0.05) is 35.9 Å². The summed E-state index contributed by atoms with van der Waals surface area (Å²) in [5.74, 6) is 0.697. The van der Waals surface area contributed by atoms with Gasteiger partial charge in [-0.05, 0) is 35.7 Å². The minimum Gasteiger partial charge on any atom is -0.283 e. The van der Waals surface area contributed by atoms with Crippen molar-refractivity contribution in [2.24, 2.45) is 10.2 Å². The van der Waals surface area contributed by atoms with Crippen molar-refractivity contribution in [3.63, 3.8) is 0 Å². The number of pyridine rings is 1. The topological polar surface area (TPSA) is 42.0 Å². The van der Waals surface area contributed by atoms with Crippen LogP contribution in [0.25, 0.3) is 16.2 Å². The van der Waals surface area contributed by atoms with Crippen LogP contribution in [0.1, 0.15) is 0 Å². The largest absolute Gasteiger partial charge is 0.283 e. The lowest BCUT2D eigenvalue weighted by atomic mass is 10.3. The minimum absolute atomic E-state index is 0.572. The quantitative estimate of drug-likeness (QED) is 0.414. The third-order valence-electron chi connectivity index (χ3n) is 3.36. The molecule has 4 aromatic rings. The van der Waals surface area contributed by atoms with Gasteiger partial charge in [0.2, 0.25) is 0 Å². The number of hydrogen-bond donors (Lipinski definition) is 0. The van der Waals surface area contributed by atoms with Gasteiger partial charge in [-0.15, -0.1) is 21.6 Å². The zero-order chi connectivity index (χ0) is 15.6. The molecule has 0 N–H and O–H groups in total. The Morgan fingerprint density at radius 3 is 2.65 bits per heavy atom. The Labute approximate surface area is 141 Å². The van der Waals surface area contributed by atoms with Gasteiger partial charge in [0, 0.05) is 6.20 Å². The zero-order valence-electron chi connectivity index (χ0n) is 11.9. The summed E-state index contributed by atoms with van der Waals surface area (Å²) in [4.78, 5) is 5.73. The van der Waals surface area contributed by atoms with Crippen LogP contribution in [0.2, 0.25) is 5.02 Å². The Balaban J connectivity index is 1.88. The maximum atomic E-state index is 6.15. The second-order valence-electron chi connectivity index (χ2n) is 4.84. The molecule has 3 heterocycles. The van der Waals surface area contributed by atoms with Gasteiger partial charge in [0.15, 0.2) is 5.82 Å². The molecule has 0 aliphatic carbocycles. The highest BCUT2D eigenvalue weighted by Crippen LogP contribution is 2.35. The molecule has 23 heavy (non-hydrogen) atoms. The second kappa shape index (κ2) is 5.95. The van der Waals surface area contributed by atoms with E-state index in [1.54, 1.807) is 17.4 Å². The molecule has 3 aromatic heterocycles. The third kappa shape index (κ3) is 2.65. The van der Waals surface area contributed by atoms with E-state index in [1.165, 1.54) is 0 Å². The molecule has 0 radical (unpaired) electrons. The van der Waals surface area contributed by atoms with Gasteiger partial charge in [-0.3, -0.25) is 4.40 Å². The summed E-state index contributed by atoms with van der Waals surface area (Å²) in [6, 6.07) is 17.3. The molecule has 0 saturated heterocycles. The van der Waals surface area contributed by atoms with Crippen molar-refractivity contribution >= 4 is 40.1 Å². The number of hydrogen-bond acceptors (Lipinski definition) is 4. The Morgan fingerprint density at radius 1 is 0.957 bits per heavy atom. The van der Waals surface area contributed by atoms with E-state index in [2.05, 4.69) is 15.2 Å². The van der Waals surface area contributed by atoms with Crippen molar-refractivity contribution in [3.8, 4) is 10.6 Å². The fourth-order valence-corrected chi connectivity index (χ4v) is 3.17. The fourth-order valence-electron chi connectivity index (χ4n) is 2.29. The average Bonchev–Trinajstić information content (AvgIpc) is 3.21. The van der Waals surface area contributed by atoms with Crippen LogP contribution in [0.3, 0.4) is 0 Å². The Morgan fingerprint density at radius 2 is 1.83 bits per heavy atom. The maximum absolute atomic E-state index is 6.15. The van der Waals surface area contributed by atoms with Gasteiger partial charge >= 0.3 is 0 Å². The van der Waals surface area contributed by atoms with Crippen molar-refractivity contribution in [2.45, 2.75) is 0 Å². The van der Waals surface area contributed by atoms with E-state index in [9.17, 15) is 0 Å². The maximum Gasteiger partial charge on any atom is 0.188 e. The SMILES string of the molecule is Clc1ccccc1N=Nc1c(-c2cccs2)nc2ccccn12. The van der Waals surface area contributed by atoms with Gasteiger partial charge in [-0.2, -0.15) is 0 Å². The summed E-state index contributed by atoms with van der Waals surface area (Å²) in [5, 5.41) is 11.3. The fraction of sp³-hybridized carbons (Fsp3) is 0. The standard InChI is InChI=1S/C17H11ClN4S/c18-12-6-1-2-7-13(12)20-21-17-16(14-8-5-11-23-14)19-15-9-3-4-10-22(15)17/h1-11H. The number of imidazole rings is 1. The van der Waals surface area contributed by atoms with Crippen molar-refractivity contribution in [1.82, 2.24) is 9.38 Å². The molecular formula is C17H11ClN4S. The molecule has 4 nitrogen and oxygen atoms in total. The number of aromatic nitrogens is 2. The van der Waals surface area contributed by atoms with Crippen LogP contribution < -0.4 is 0 Å². The summed E-state index contributed by atoms with van der Waals surface area (Å²) in [6.45, 7) is 0. The van der Waals surface area contributed by atoms with Crippen LogP contribution in [0.5, 0.6) is 0 Å². The van der Waals surface area contributed by atoms with E-state index in [1.807, 2.05) is 64.5 Å². The van der Waals surface area contributed by atoms with Crippen molar-refractivity contribution in [1.29, 1.82) is 0 Å². The number of fused-ring (bicyclic) bond motifs is 1. The van der Waals surface area contributed by atoms with E-state index in [4.69, 9.17) is 11.6 Å². The summed E-state index contributed by atoms with van der Waals surface area (Å²) in [7, 11) is 0. The number of thiophene rings is 1.